The second-order valence-electron chi connectivity index (χ2n) is 5.08. The molecule has 0 saturated carbocycles. The van der Waals surface area contributed by atoms with Gasteiger partial charge >= 0.3 is 0 Å². The first-order valence-corrected chi connectivity index (χ1v) is 7.66. The smallest absolute Gasteiger partial charge is 0.258 e. The van der Waals surface area contributed by atoms with Crippen molar-refractivity contribution in [2.24, 2.45) is 0 Å². The average Bonchev–Trinajstić information content (AvgIpc) is 2.76. The average molecular weight is 279 g/mol. The van der Waals surface area contributed by atoms with E-state index in [0.717, 1.165) is 17.9 Å². The highest BCUT2D eigenvalue weighted by atomic mass is 32.2. The predicted octanol–water partition coefficient (Wildman–Crippen LogP) is 3.43. The van der Waals surface area contributed by atoms with Gasteiger partial charge in [0.15, 0.2) is 11.2 Å². The van der Waals surface area contributed by atoms with Crippen LogP contribution in [-0.2, 0) is 0 Å². The Morgan fingerprint density at radius 3 is 2.63 bits per heavy atom. The molecule has 0 aliphatic carbocycles. The molecule has 0 spiro atoms. The number of thioether (sulfide) groups is 1. The molecule has 2 aromatic rings. The summed E-state index contributed by atoms with van der Waals surface area (Å²) in [5, 5.41) is 0.709. The molecule has 4 nitrogen and oxygen atoms in total. The van der Waals surface area contributed by atoms with Gasteiger partial charge in [0.1, 0.15) is 0 Å². The molecule has 19 heavy (non-hydrogen) atoms. The fourth-order valence-corrected chi connectivity index (χ4v) is 2.94. The molecule has 0 fully saturated rings. The van der Waals surface area contributed by atoms with Crippen molar-refractivity contribution in [2.75, 3.05) is 12.3 Å². The Balaban J connectivity index is 1.91. The quantitative estimate of drug-likeness (QED) is 0.758. The van der Waals surface area contributed by atoms with Crippen LogP contribution in [0.4, 0.5) is 0 Å². The Labute approximate surface area is 118 Å². The lowest BCUT2D eigenvalue weighted by Gasteiger charge is -2.30. The van der Waals surface area contributed by atoms with E-state index in [1.807, 2.05) is 12.1 Å². The van der Waals surface area contributed by atoms with E-state index in [4.69, 9.17) is 4.42 Å². The van der Waals surface area contributed by atoms with E-state index < -0.39 is 0 Å². The number of oxazole rings is 1. The summed E-state index contributed by atoms with van der Waals surface area (Å²) in [6.45, 7) is 9.95. The molecule has 0 aliphatic rings. The molecule has 0 bridgehead atoms. The Hall–Kier alpha value is -1.07. The maximum atomic E-state index is 5.64. The van der Waals surface area contributed by atoms with Crippen LogP contribution in [0.3, 0.4) is 0 Å². The number of pyridine rings is 1. The van der Waals surface area contributed by atoms with Crippen molar-refractivity contribution in [3.63, 3.8) is 0 Å². The standard InChI is InChI=1S/C14H21N3OS/c1-10(2)17(11(3)4)8-9-19-14-16-13-12(18-14)6-5-7-15-13/h5-7,10-11H,8-9H2,1-4H3. The van der Waals surface area contributed by atoms with Gasteiger partial charge in [-0.25, -0.2) is 4.98 Å². The molecule has 2 heterocycles. The highest BCUT2D eigenvalue weighted by Crippen LogP contribution is 2.22. The monoisotopic (exact) mass is 279 g/mol. The molecule has 0 atom stereocenters. The molecule has 0 saturated heterocycles. The summed E-state index contributed by atoms with van der Waals surface area (Å²) in [5.74, 6) is 0.975. The maximum Gasteiger partial charge on any atom is 0.258 e. The maximum absolute atomic E-state index is 5.64. The van der Waals surface area contributed by atoms with Crippen LogP contribution in [0.2, 0.25) is 0 Å². The Morgan fingerprint density at radius 2 is 2.00 bits per heavy atom. The van der Waals surface area contributed by atoms with E-state index in [0.29, 0.717) is 23.0 Å². The van der Waals surface area contributed by atoms with Crippen molar-refractivity contribution in [3.05, 3.63) is 18.3 Å². The lowest BCUT2D eigenvalue weighted by atomic mass is 10.2. The number of fused-ring (bicyclic) bond motifs is 1. The molecule has 0 unspecified atom stereocenters. The summed E-state index contributed by atoms with van der Waals surface area (Å²) in [6.07, 6.45) is 1.73. The molecule has 0 aromatic carbocycles. The van der Waals surface area contributed by atoms with Crippen molar-refractivity contribution in [2.45, 2.75) is 45.0 Å². The van der Waals surface area contributed by atoms with Crippen LogP contribution in [0.1, 0.15) is 27.7 Å². The van der Waals surface area contributed by atoms with Crippen LogP contribution < -0.4 is 0 Å². The van der Waals surface area contributed by atoms with Crippen molar-refractivity contribution in [3.8, 4) is 0 Å². The van der Waals surface area contributed by atoms with Crippen LogP contribution in [0.15, 0.2) is 28.0 Å². The SMILES string of the molecule is CC(C)N(CCSc1nc2ncccc2o1)C(C)C. The molecular formula is C14H21N3OS. The van der Waals surface area contributed by atoms with Crippen molar-refractivity contribution in [1.82, 2.24) is 14.9 Å². The fourth-order valence-electron chi connectivity index (χ4n) is 2.16. The summed E-state index contributed by atoms with van der Waals surface area (Å²) in [7, 11) is 0. The Bertz CT molecular complexity index is 483. The first kappa shape index (κ1) is 14.3. The minimum atomic E-state index is 0.561. The number of aromatic nitrogens is 2. The van der Waals surface area contributed by atoms with Gasteiger partial charge in [-0.2, -0.15) is 4.98 Å². The largest absolute Gasteiger partial charge is 0.430 e. The third-order valence-corrected chi connectivity index (χ3v) is 3.86. The van der Waals surface area contributed by atoms with Crippen LogP contribution in [0.5, 0.6) is 0 Å². The normalized spacial score (nSPS) is 12.2. The summed E-state index contributed by atoms with van der Waals surface area (Å²) in [6, 6.07) is 4.88. The summed E-state index contributed by atoms with van der Waals surface area (Å²) >= 11 is 1.65. The lowest BCUT2D eigenvalue weighted by molar-refractivity contribution is 0.187. The summed E-state index contributed by atoms with van der Waals surface area (Å²) in [4.78, 5) is 11.0. The third-order valence-electron chi connectivity index (χ3n) is 3.05. The second-order valence-corrected chi connectivity index (χ2v) is 6.12. The van der Waals surface area contributed by atoms with E-state index >= 15 is 0 Å². The van der Waals surface area contributed by atoms with E-state index in [1.54, 1.807) is 18.0 Å². The van der Waals surface area contributed by atoms with Gasteiger partial charge < -0.3 is 4.42 Å². The highest BCUT2D eigenvalue weighted by Gasteiger charge is 2.14. The third kappa shape index (κ3) is 3.70. The zero-order valence-corrected chi connectivity index (χ0v) is 12.8. The van der Waals surface area contributed by atoms with Gasteiger partial charge in [0.25, 0.3) is 5.22 Å². The second kappa shape index (κ2) is 6.39. The summed E-state index contributed by atoms with van der Waals surface area (Å²) < 4.78 is 5.64. The van der Waals surface area contributed by atoms with E-state index in [1.165, 1.54) is 0 Å². The van der Waals surface area contributed by atoms with Crippen molar-refractivity contribution in [1.29, 1.82) is 0 Å². The molecule has 0 amide bonds. The molecule has 2 aromatic heterocycles. The number of nitrogens with zero attached hydrogens (tertiary/aromatic N) is 3. The molecule has 2 rings (SSSR count). The van der Waals surface area contributed by atoms with Gasteiger partial charge in [0.2, 0.25) is 0 Å². The van der Waals surface area contributed by atoms with Crippen LogP contribution >= 0.6 is 11.8 Å². The number of hydrogen-bond donors (Lipinski definition) is 0. The minimum absolute atomic E-state index is 0.561. The first-order valence-electron chi connectivity index (χ1n) is 6.68. The molecule has 0 aliphatic heterocycles. The molecule has 0 N–H and O–H groups in total. The van der Waals surface area contributed by atoms with Crippen LogP contribution in [0.25, 0.3) is 11.2 Å². The topological polar surface area (TPSA) is 42.2 Å². The molecular weight excluding hydrogens is 258 g/mol. The van der Waals surface area contributed by atoms with Gasteiger partial charge in [0, 0.05) is 30.6 Å². The van der Waals surface area contributed by atoms with Crippen molar-refractivity contribution >= 4 is 23.0 Å². The molecule has 104 valence electrons. The van der Waals surface area contributed by atoms with Gasteiger partial charge in [-0.05, 0) is 39.8 Å². The highest BCUT2D eigenvalue weighted by molar-refractivity contribution is 7.99. The van der Waals surface area contributed by atoms with Gasteiger partial charge in [-0.3, -0.25) is 4.90 Å². The summed E-state index contributed by atoms with van der Waals surface area (Å²) in [5.41, 5.74) is 1.45. The van der Waals surface area contributed by atoms with Crippen LogP contribution in [-0.4, -0.2) is 39.2 Å². The van der Waals surface area contributed by atoms with Gasteiger partial charge in [-0.1, -0.05) is 11.8 Å². The Kier molecular flexibility index (Phi) is 4.82. The van der Waals surface area contributed by atoms with Gasteiger partial charge in [0.05, 0.1) is 0 Å². The zero-order chi connectivity index (χ0) is 13.8. The number of hydrogen-bond acceptors (Lipinski definition) is 5. The Morgan fingerprint density at radius 1 is 1.26 bits per heavy atom. The number of rotatable bonds is 6. The molecule has 0 radical (unpaired) electrons. The van der Waals surface area contributed by atoms with Crippen LogP contribution in [0, 0.1) is 0 Å². The molecule has 5 heteroatoms. The van der Waals surface area contributed by atoms with E-state index in [9.17, 15) is 0 Å². The predicted molar refractivity (Wildman–Crippen MR) is 79.5 cm³/mol. The zero-order valence-electron chi connectivity index (χ0n) is 12.0. The fraction of sp³-hybridized carbons (Fsp3) is 0.571. The first-order chi connectivity index (χ1) is 9.08. The van der Waals surface area contributed by atoms with E-state index in [-0.39, 0.29) is 0 Å². The minimum Gasteiger partial charge on any atom is -0.430 e. The van der Waals surface area contributed by atoms with E-state index in [2.05, 4.69) is 42.6 Å². The van der Waals surface area contributed by atoms with Crippen molar-refractivity contribution < 1.29 is 4.42 Å². The van der Waals surface area contributed by atoms with Gasteiger partial charge in [-0.15, -0.1) is 0 Å². The lowest BCUT2D eigenvalue weighted by Crippen LogP contribution is -2.38.